The Balaban J connectivity index is 1.79. The van der Waals surface area contributed by atoms with Crippen molar-refractivity contribution in [2.45, 2.75) is 19.1 Å². The van der Waals surface area contributed by atoms with Crippen molar-refractivity contribution < 1.29 is 19.2 Å². The normalized spacial score (nSPS) is 11.3. The number of rotatable bonds is 8. The smallest absolute Gasteiger partial charge is 0.407 e. The maximum atomic E-state index is 12.7. The summed E-state index contributed by atoms with van der Waals surface area (Å²) in [6, 6.07) is 22.8. The van der Waals surface area contributed by atoms with Gasteiger partial charge in [-0.1, -0.05) is 78.9 Å². The van der Waals surface area contributed by atoms with Crippen molar-refractivity contribution >= 4 is 17.6 Å². The number of nitro groups is 1. The van der Waals surface area contributed by atoms with E-state index in [1.807, 2.05) is 30.3 Å². The van der Waals surface area contributed by atoms with Crippen LogP contribution in [-0.4, -0.2) is 16.8 Å². The van der Waals surface area contributed by atoms with Crippen LogP contribution in [0.2, 0.25) is 0 Å². The van der Waals surface area contributed by atoms with Crippen LogP contribution >= 0.6 is 0 Å². The minimum absolute atomic E-state index is 0.0446. The van der Waals surface area contributed by atoms with E-state index in [9.17, 15) is 19.7 Å². The first-order valence-corrected chi connectivity index (χ1v) is 9.33. The Labute approximate surface area is 173 Å². The lowest BCUT2D eigenvalue weighted by Gasteiger charge is -2.18. The highest BCUT2D eigenvalue weighted by Crippen LogP contribution is 2.28. The predicted molar refractivity (Wildman–Crippen MR) is 111 cm³/mol. The molecule has 0 aromatic heterocycles. The number of alkyl carbamates (subject to hydrolysis) is 1. The number of benzene rings is 3. The Kier molecular flexibility index (Phi) is 6.89. The lowest BCUT2D eigenvalue weighted by molar-refractivity contribution is -0.385. The van der Waals surface area contributed by atoms with Crippen molar-refractivity contribution in [3.05, 3.63) is 112 Å². The molecule has 1 amide bonds. The van der Waals surface area contributed by atoms with Crippen molar-refractivity contribution in [1.29, 1.82) is 0 Å². The number of hydrogen-bond donors (Lipinski definition) is 1. The largest absolute Gasteiger partial charge is 0.445 e. The molecule has 1 N–H and O–H groups in total. The molecule has 0 aliphatic carbocycles. The third-order valence-electron chi connectivity index (χ3n) is 4.50. The molecule has 0 radical (unpaired) electrons. The summed E-state index contributed by atoms with van der Waals surface area (Å²) >= 11 is 0. The molecule has 0 saturated carbocycles. The average molecular weight is 404 g/mol. The highest BCUT2D eigenvalue weighted by Gasteiger charge is 2.26. The lowest BCUT2D eigenvalue weighted by Crippen LogP contribution is -2.31. The van der Waals surface area contributed by atoms with Crippen molar-refractivity contribution in [2.75, 3.05) is 0 Å². The standard InChI is InChI=1S/C23H20N2O5/c26-22(18-11-5-2-6-12-18)15-20(19-13-7-8-14-21(19)25(28)29)24-23(27)30-16-17-9-3-1-4-10-17/h1-14,20H,15-16H2,(H,24,27). The van der Waals surface area contributed by atoms with E-state index in [1.54, 1.807) is 36.4 Å². The molecule has 0 saturated heterocycles. The first-order chi connectivity index (χ1) is 14.5. The fourth-order valence-corrected chi connectivity index (χ4v) is 3.02. The number of para-hydroxylation sites is 1. The van der Waals surface area contributed by atoms with Crippen LogP contribution in [0, 0.1) is 10.1 Å². The zero-order valence-electron chi connectivity index (χ0n) is 16.1. The van der Waals surface area contributed by atoms with Gasteiger partial charge in [-0.05, 0) is 5.56 Å². The summed E-state index contributed by atoms with van der Waals surface area (Å²) < 4.78 is 5.24. The molecule has 0 heterocycles. The fraction of sp³-hybridized carbons (Fsp3) is 0.130. The van der Waals surface area contributed by atoms with E-state index in [0.717, 1.165) is 5.56 Å². The molecule has 7 nitrogen and oxygen atoms in total. The third kappa shape index (κ3) is 5.51. The third-order valence-corrected chi connectivity index (χ3v) is 4.50. The van der Waals surface area contributed by atoms with Crippen LogP contribution < -0.4 is 5.32 Å². The summed E-state index contributed by atoms with van der Waals surface area (Å²) in [6.45, 7) is 0.0446. The first kappa shape index (κ1) is 20.7. The number of nitro benzene ring substituents is 1. The molecular weight excluding hydrogens is 384 g/mol. The zero-order valence-corrected chi connectivity index (χ0v) is 16.1. The Hall–Kier alpha value is -4.00. The van der Waals surface area contributed by atoms with Crippen LogP contribution in [0.15, 0.2) is 84.9 Å². The zero-order chi connectivity index (χ0) is 21.3. The molecule has 3 aromatic rings. The minimum Gasteiger partial charge on any atom is -0.445 e. The Morgan fingerprint density at radius 2 is 1.50 bits per heavy atom. The van der Waals surface area contributed by atoms with Gasteiger partial charge >= 0.3 is 6.09 Å². The number of hydrogen-bond acceptors (Lipinski definition) is 5. The summed E-state index contributed by atoms with van der Waals surface area (Å²) in [6.07, 6.45) is -0.905. The van der Waals surface area contributed by atoms with Crippen molar-refractivity contribution in [1.82, 2.24) is 5.32 Å². The highest BCUT2D eigenvalue weighted by atomic mass is 16.6. The highest BCUT2D eigenvalue weighted by molar-refractivity contribution is 5.96. The maximum Gasteiger partial charge on any atom is 0.407 e. The number of carbonyl (C=O) groups excluding carboxylic acids is 2. The van der Waals surface area contributed by atoms with Crippen LogP contribution in [0.1, 0.15) is 33.9 Å². The van der Waals surface area contributed by atoms with Gasteiger partial charge in [0.2, 0.25) is 0 Å². The molecule has 7 heteroatoms. The molecular formula is C23H20N2O5. The lowest BCUT2D eigenvalue weighted by atomic mass is 9.97. The van der Waals surface area contributed by atoms with Crippen LogP contribution in [0.25, 0.3) is 0 Å². The molecule has 0 bridgehead atoms. The summed E-state index contributed by atoms with van der Waals surface area (Å²) in [5.41, 5.74) is 1.32. The van der Waals surface area contributed by atoms with Gasteiger partial charge in [0.1, 0.15) is 6.61 Å². The molecule has 0 spiro atoms. The van der Waals surface area contributed by atoms with Gasteiger partial charge in [0, 0.05) is 18.1 Å². The van der Waals surface area contributed by atoms with Crippen LogP contribution in [-0.2, 0) is 11.3 Å². The SMILES string of the molecule is O=C(NC(CC(=O)c1ccccc1)c1ccccc1[N+](=O)[O-])OCc1ccccc1. The predicted octanol–water partition coefficient (Wildman–Crippen LogP) is 4.84. The quantitative estimate of drug-likeness (QED) is 0.329. The molecule has 30 heavy (non-hydrogen) atoms. The number of ether oxygens (including phenoxy) is 1. The molecule has 3 rings (SSSR count). The van der Waals surface area contributed by atoms with Gasteiger partial charge in [0.05, 0.1) is 16.5 Å². The summed E-state index contributed by atoms with van der Waals surface area (Å²) in [5.74, 6) is -0.248. The van der Waals surface area contributed by atoms with E-state index in [0.29, 0.717) is 5.56 Å². The molecule has 1 atom stereocenters. The van der Waals surface area contributed by atoms with Gasteiger partial charge in [0.25, 0.3) is 5.69 Å². The number of nitrogens with zero attached hydrogens (tertiary/aromatic N) is 1. The number of Topliss-reactive ketones (excluding diaryl/α,β-unsaturated/α-hetero) is 1. The average Bonchev–Trinajstić information content (AvgIpc) is 2.78. The Bertz CT molecular complexity index is 1020. The monoisotopic (exact) mass is 404 g/mol. The molecule has 0 fully saturated rings. The minimum atomic E-state index is -0.914. The summed E-state index contributed by atoms with van der Waals surface area (Å²) in [4.78, 5) is 36.0. The number of nitrogens with one attached hydrogen (secondary N) is 1. The first-order valence-electron chi connectivity index (χ1n) is 9.33. The van der Waals surface area contributed by atoms with Crippen LogP contribution in [0.4, 0.5) is 10.5 Å². The van der Waals surface area contributed by atoms with Gasteiger partial charge in [-0.2, -0.15) is 0 Å². The Morgan fingerprint density at radius 1 is 0.900 bits per heavy atom. The Morgan fingerprint density at radius 3 is 2.17 bits per heavy atom. The van der Waals surface area contributed by atoms with E-state index < -0.39 is 17.1 Å². The molecule has 0 aliphatic heterocycles. The van der Waals surface area contributed by atoms with Crippen LogP contribution in [0.3, 0.4) is 0 Å². The van der Waals surface area contributed by atoms with E-state index in [-0.39, 0.29) is 30.1 Å². The van der Waals surface area contributed by atoms with Gasteiger partial charge in [-0.15, -0.1) is 0 Å². The second-order valence-electron chi connectivity index (χ2n) is 6.57. The number of ketones is 1. The van der Waals surface area contributed by atoms with E-state index in [2.05, 4.69) is 5.32 Å². The molecule has 0 aliphatic rings. The van der Waals surface area contributed by atoms with Crippen molar-refractivity contribution in [3.8, 4) is 0 Å². The second kappa shape index (κ2) is 9.97. The molecule has 1 unspecified atom stereocenters. The van der Waals surface area contributed by atoms with E-state index in [4.69, 9.17) is 4.74 Å². The molecule has 152 valence electrons. The van der Waals surface area contributed by atoms with Crippen molar-refractivity contribution in [3.63, 3.8) is 0 Å². The topological polar surface area (TPSA) is 98.5 Å². The van der Waals surface area contributed by atoms with Crippen LogP contribution in [0.5, 0.6) is 0 Å². The van der Waals surface area contributed by atoms with Gasteiger partial charge in [-0.3, -0.25) is 14.9 Å². The van der Waals surface area contributed by atoms with Gasteiger partial charge in [-0.25, -0.2) is 4.79 Å². The summed E-state index contributed by atoms with van der Waals surface area (Å²) in [5, 5.41) is 14.1. The van der Waals surface area contributed by atoms with Gasteiger partial charge in [0.15, 0.2) is 5.78 Å². The summed E-state index contributed by atoms with van der Waals surface area (Å²) in [7, 11) is 0. The van der Waals surface area contributed by atoms with E-state index in [1.165, 1.54) is 18.2 Å². The number of amides is 1. The fourth-order valence-electron chi connectivity index (χ4n) is 3.02. The van der Waals surface area contributed by atoms with Gasteiger partial charge < -0.3 is 10.1 Å². The number of carbonyl (C=O) groups is 2. The second-order valence-corrected chi connectivity index (χ2v) is 6.57. The molecule has 3 aromatic carbocycles. The van der Waals surface area contributed by atoms with E-state index >= 15 is 0 Å². The maximum absolute atomic E-state index is 12.7. The van der Waals surface area contributed by atoms with Crippen molar-refractivity contribution in [2.24, 2.45) is 0 Å².